The minimum absolute atomic E-state index is 0.186. The monoisotopic (exact) mass is 332 g/mol. The maximum atomic E-state index is 13.8. The van der Waals surface area contributed by atoms with Gasteiger partial charge in [-0.05, 0) is 47.3 Å². The van der Waals surface area contributed by atoms with E-state index in [9.17, 15) is 4.39 Å². The molecule has 0 aliphatic carbocycles. The van der Waals surface area contributed by atoms with Gasteiger partial charge in [0, 0.05) is 28.3 Å². The number of nitrogens with zero attached hydrogens (tertiary/aromatic N) is 1. The minimum Gasteiger partial charge on any atom is -0.343 e. The molecule has 0 saturated carbocycles. The van der Waals surface area contributed by atoms with Gasteiger partial charge in [0.25, 0.3) is 0 Å². The van der Waals surface area contributed by atoms with Crippen molar-refractivity contribution in [2.75, 3.05) is 0 Å². The van der Waals surface area contributed by atoms with Crippen LogP contribution in [-0.4, -0.2) is 4.57 Å². The summed E-state index contributed by atoms with van der Waals surface area (Å²) in [5.41, 5.74) is 8.50. The second-order valence-corrected chi connectivity index (χ2v) is 5.69. The highest BCUT2D eigenvalue weighted by Crippen LogP contribution is 2.21. The zero-order chi connectivity index (χ0) is 14.1. The molecule has 0 amide bonds. The molecule has 0 unspecified atom stereocenters. The quantitative estimate of drug-likeness (QED) is 0.770. The Morgan fingerprint density at radius 1 is 1.10 bits per heavy atom. The van der Waals surface area contributed by atoms with Crippen LogP contribution in [0, 0.1) is 5.82 Å². The Bertz CT molecular complexity index is 764. The number of hydrogen-bond donors (Lipinski definition) is 1. The summed E-state index contributed by atoms with van der Waals surface area (Å²) in [5, 5.41) is 1.13. The average Bonchev–Trinajstić information content (AvgIpc) is 2.85. The number of hydrogen-bond acceptors (Lipinski definition) is 1. The second-order valence-electron chi connectivity index (χ2n) is 4.78. The lowest BCUT2D eigenvalue weighted by molar-refractivity contribution is 0.601. The number of halogens is 2. The predicted octanol–water partition coefficient (Wildman–Crippen LogP) is 4.05. The van der Waals surface area contributed by atoms with Crippen LogP contribution in [0.2, 0.25) is 0 Å². The van der Waals surface area contributed by atoms with E-state index >= 15 is 0 Å². The molecule has 2 nitrogen and oxygen atoms in total. The molecule has 3 rings (SSSR count). The molecule has 2 N–H and O–H groups in total. The first-order valence-electron chi connectivity index (χ1n) is 6.39. The SMILES string of the molecule is NCc1ccc2c(ccn2Cc2cc(Br)ccc2F)c1. The maximum absolute atomic E-state index is 13.8. The highest BCUT2D eigenvalue weighted by atomic mass is 79.9. The van der Waals surface area contributed by atoms with Crippen LogP contribution in [0.5, 0.6) is 0 Å². The topological polar surface area (TPSA) is 30.9 Å². The van der Waals surface area contributed by atoms with E-state index in [1.807, 2.05) is 35.0 Å². The second kappa shape index (κ2) is 5.38. The number of aromatic nitrogens is 1. The molecular formula is C16H14BrFN2. The third-order valence-corrected chi connectivity index (χ3v) is 3.91. The summed E-state index contributed by atoms with van der Waals surface area (Å²) in [4.78, 5) is 0. The molecule has 0 saturated heterocycles. The van der Waals surface area contributed by atoms with Crippen LogP contribution in [0.1, 0.15) is 11.1 Å². The highest BCUT2D eigenvalue weighted by Gasteiger charge is 2.07. The van der Waals surface area contributed by atoms with Crippen LogP contribution in [0.15, 0.2) is 53.1 Å². The summed E-state index contributed by atoms with van der Waals surface area (Å²) < 4.78 is 16.8. The fraction of sp³-hybridized carbons (Fsp3) is 0.125. The molecule has 1 heterocycles. The van der Waals surface area contributed by atoms with Gasteiger partial charge in [0.1, 0.15) is 5.82 Å². The maximum Gasteiger partial charge on any atom is 0.128 e. The summed E-state index contributed by atoms with van der Waals surface area (Å²) in [6.07, 6.45) is 1.98. The van der Waals surface area contributed by atoms with Gasteiger partial charge < -0.3 is 10.3 Å². The molecule has 4 heteroatoms. The number of fused-ring (bicyclic) bond motifs is 1. The van der Waals surface area contributed by atoms with Gasteiger partial charge in [-0.15, -0.1) is 0 Å². The Labute approximate surface area is 125 Å². The smallest absolute Gasteiger partial charge is 0.128 e. The zero-order valence-corrected chi connectivity index (χ0v) is 12.4. The summed E-state index contributed by atoms with van der Waals surface area (Å²) in [5.74, 6) is -0.186. The molecule has 0 spiro atoms. The van der Waals surface area contributed by atoms with Crippen LogP contribution < -0.4 is 5.73 Å². The molecule has 1 aromatic heterocycles. The van der Waals surface area contributed by atoms with Crippen LogP contribution in [-0.2, 0) is 13.1 Å². The van der Waals surface area contributed by atoms with E-state index in [4.69, 9.17) is 5.73 Å². The molecule has 0 fully saturated rings. The normalized spacial score (nSPS) is 11.2. The van der Waals surface area contributed by atoms with Gasteiger partial charge in [-0.3, -0.25) is 0 Å². The lowest BCUT2D eigenvalue weighted by Crippen LogP contribution is -2.01. The summed E-state index contributed by atoms with van der Waals surface area (Å²) in [6, 6.07) is 13.2. The van der Waals surface area contributed by atoms with Crippen LogP contribution in [0.3, 0.4) is 0 Å². The first-order chi connectivity index (χ1) is 9.67. The Morgan fingerprint density at radius 2 is 1.95 bits per heavy atom. The first kappa shape index (κ1) is 13.3. The van der Waals surface area contributed by atoms with Gasteiger partial charge in [0.2, 0.25) is 0 Å². The van der Waals surface area contributed by atoms with E-state index in [1.54, 1.807) is 6.07 Å². The molecule has 3 aromatic rings. The van der Waals surface area contributed by atoms with Gasteiger partial charge in [0.15, 0.2) is 0 Å². The molecule has 0 aliphatic heterocycles. The minimum atomic E-state index is -0.186. The standard InChI is InChI=1S/C16H14BrFN2/c17-14-2-3-15(18)13(8-14)10-20-6-5-12-7-11(9-19)1-4-16(12)20/h1-8H,9-10,19H2. The summed E-state index contributed by atoms with van der Waals surface area (Å²) >= 11 is 3.38. The third kappa shape index (κ3) is 2.49. The van der Waals surface area contributed by atoms with Crippen molar-refractivity contribution in [1.82, 2.24) is 4.57 Å². The zero-order valence-electron chi connectivity index (χ0n) is 10.8. The molecule has 0 aliphatic rings. The predicted molar refractivity (Wildman–Crippen MR) is 83.0 cm³/mol. The van der Waals surface area contributed by atoms with Gasteiger partial charge in [-0.2, -0.15) is 0 Å². The van der Waals surface area contributed by atoms with E-state index < -0.39 is 0 Å². The van der Waals surface area contributed by atoms with Crippen LogP contribution in [0.25, 0.3) is 10.9 Å². The van der Waals surface area contributed by atoms with E-state index in [-0.39, 0.29) is 5.82 Å². The van der Waals surface area contributed by atoms with Crippen molar-refractivity contribution >= 4 is 26.8 Å². The van der Waals surface area contributed by atoms with Crippen LogP contribution in [0.4, 0.5) is 4.39 Å². The fourth-order valence-corrected chi connectivity index (χ4v) is 2.77. The lowest BCUT2D eigenvalue weighted by Gasteiger charge is -2.08. The summed E-state index contributed by atoms with van der Waals surface area (Å²) in [7, 11) is 0. The molecule has 20 heavy (non-hydrogen) atoms. The molecule has 0 atom stereocenters. The van der Waals surface area contributed by atoms with E-state index in [2.05, 4.69) is 22.0 Å². The molecule has 102 valence electrons. The van der Waals surface area contributed by atoms with Gasteiger partial charge in [-0.25, -0.2) is 4.39 Å². The Morgan fingerprint density at radius 3 is 2.75 bits per heavy atom. The molecule has 0 radical (unpaired) electrons. The summed E-state index contributed by atoms with van der Waals surface area (Å²) in [6.45, 7) is 1.04. The number of nitrogens with two attached hydrogens (primary N) is 1. The van der Waals surface area contributed by atoms with E-state index in [1.165, 1.54) is 6.07 Å². The average molecular weight is 333 g/mol. The van der Waals surface area contributed by atoms with Crippen molar-refractivity contribution < 1.29 is 4.39 Å². The van der Waals surface area contributed by atoms with Gasteiger partial charge >= 0.3 is 0 Å². The number of benzene rings is 2. The molecule has 2 aromatic carbocycles. The Hall–Kier alpha value is -1.65. The van der Waals surface area contributed by atoms with Crippen molar-refractivity contribution in [2.45, 2.75) is 13.1 Å². The van der Waals surface area contributed by atoms with E-state index in [0.29, 0.717) is 18.7 Å². The number of rotatable bonds is 3. The van der Waals surface area contributed by atoms with Crippen molar-refractivity contribution in [3.8, 4) is 0 Å². The fourth-order valence-electron chi connectivity index (χ4n) is 2.36. The molecular weight excluding hydrogens is 319 g/mol. The van der Waals surface area contributed by atoms with Gasteiger partial charge in [-0.1, -0.05) is 22.0 Å². The van der Waals surface area contributed by atoms with E-state index in [0.717, 1.165) is 20.9 Å². The van der Waals surface area contributed by atoms with Gasteiger partial charge in [0.05, 0.1) is 6.54 Å². The first-order valence-corrected chi connectivity index (χ1v) is 7.18. The highest BCUT2D eigenvalue weighted by molar-refractivity contribution is 9.10. The Kier molecular flexibility index (Phi) is 3.59. The lowest BCUT2D eigenvalue weighted by atomic mass is 10.1. The third-order valence-electron chi connectivity index (χ3n) is 3.42. The van der Waals surface area contributed by atoms with Crippen molar-refractivity contribution in [1.29, 1.82) is 0 Å². The van der Waals surface area contributed by atoms with Crippen molar-refractivity contribution in [2.24, 2.45) is 5.73 Å². The van der Waals surface area contributed by atoms with Crippen molar-refractivity contribution in [3.05, 3.63) is 70.1 Å². The largest absolute Gasteiger partial charge is 0.343 e. The Balaban J connectivity index is 2.00. The molecule has 0 bridgehead atoms. The van der Waals surface area contributed by atoms with Crippen LogP contribution >= 0.6 is 15.9 Å². The van der Waals surface area contributed by atoms with Crippen molar-refractivity contribution in [3.63, 3.8) is 0 Å².